The monoisotopic (exact) mass is 802 g/mol. The first kappa shape index (κ1) is 36.6. The summed E-state index contributed by atoms with van der Waals surface area (Å²) in [4.78, 5) is 2.35. The highest BCUT2D eigenvalue weighted by atomic mass is 15.1. The molecule has 1 aliphatic carbocycles. The molecule has 11 aromatic rings. The number of para-hydroxylation sites is 2. The van der Waals surface area contributed by atoms with Crippen LogP contribution < -0.4 is 4.90 Å². The fraction of sp³-hybridized carbons (Fsp3) is 0.0164. The van der Waals surface area contributed by atoms with Crippen molar-refractivity contribution in [2.45, 2.75) is 5.41 Å². The molecule has 1 aromatic heterocycles. The Balaban J connectivity index is 1.01. The van der Waals surface area contributed by atoms with E-state index >= 15 is 0 Å². The van der Waals surface area contributed by atoms with Crippen molar-refractivity contribution in [3.05, 3.63) is 277 Å². The second kappa shape index (κ2) is 15.1. The van der Waals surface area contributed by atoms with Gasteiger partial charge in [0.2, 0.25) is 0 Å². The zero-order valence-corrected chi connectivity index (χ0v) is 34.6. The van der Waals surface area contributed by atoms with E-state index in [1.807, 2.05) is 0 Å². The summed E-state index contributed by atoms with van der Waals surface area (Å²) in [6, 6.07) is 93.1. The van der Waals surface area contributed by atoms with Crippen molar-refractivity contribution in [1.82, 2.24) is 4.57 Å². The van der Waals surface area contributed by atoms with Crippen LogP contribution in [-0.4, -0.2) is 4.57 Å². The Bertz CT molecular complexity index is 3380. The van der Waals surface area contributed by atoms with E-state index in [1.165, 1.54) is 71.9 Å². The third-order valence-electron chi connectivity index (χ3n) is 13.1. The van der Waals surface area contributed by atoms with Crippen LogP contribution in [-0.2, 0) is 5.41 Å². The van der Waals surface area contributed by atoms with Crippen molar-refractivity contribution in [1.29, 1.82) is 0 Å². The zero-order chi connectivity index (χ0) is 41.7. The molecule has 0 N–H and O–H groups in total. The smallest absolute Gasteiger partial charge is 0.0713 e. The molecule has 296 valence electrons. The standard InChI is InChI=1S/C61H42N2/c1-5-18-43(19-6-1)44-32-35-50(36-33-44)62(49-25-11-4-12-26-49)51-27-17-20-45(40-51)46-34-38-55-54-29-14-16-31-59(54)63(60(55)41-46)52-37-39-58-56(42-52)53-28-13-15-30-57(53)61(58,47-21-7-2-8-22-47)48-23-9-3-10-24-48/h1-42H. The topological polar surface area (TPSA) is 8.17 Å². The molecule has 0 spiro atoms. The molecule has 0 amide bonds. The largest absolute Gasteiger partial charge is 0.310 e. The summed E-state index contributed by atoms with van der Waals surface area (Å²) in [6.07, 6.45) is 0. The van der Waals surface area contributed by atoms with Gasteiger partial charge in [-0.15, -0.1) is 0 Å². The quantitative estimate of drug-likeness (QED) is 0.149. The second-order valence-corrected chi connectivity index (χ2v) is 16.5. The molecule has 1 aliphatic rings. The number of hydrogen-bond acceptors (Lipinski definition) is 1. The molecule has 0 saturated heterocycles. The number of benzene rings is 10. The van der Waals surface area contributed by atoms with Crippen LogP contribution in [0.4, 0.5) is 17.1 Å². The van der Waals surface area contributed by atoms with Gasteiger partial charge in [-0.05, 0) is 116 Å². The zero-order valence-electron chi connectivity index (χ0n) is 34.6. The Labute approximate surface area is 368 Å². The summed E-state index contributed by atoms with van der Waals surface area (Å²) in [7, 11) is 0. The van der Waals surface area contributed by atoms with Crippen LogP contribution >= 0.6 is 0 Å². The molecule has 1 heterocycles. The molecule has 0 atom stereocenters. The van der Waals surface area contributed by atoms with Crippen LogP contribution in [0.5, 0.6) is 0 Å². The summed E-state index contributed by atoms with van der Waals surface area (Å²) in [5, 5.41) is 2.48. The van der Waals surface area contributed by atoms with Crippen molar-refractivity contribution in [2.75, 3.05) is 4.90 Å². The molecule has 0 radical (unpaired) electrons. The first-order valence-electron chi connectivity index (χ1n) is 21.8. The van der Waals surface area contributed by atoms with E-state index < -0.39 is 5.41 Å². The van der Waals surface area contributed by atoms with Gasteiger partial charge in [0.25, 0.3) is 0 Å². The van der Waals surface area contributed by atoms with E-state index in [0.29, 0.717) is 0 Å². The fourth-order valence-corrected chi connectivity index (χ4v) is 10.3. The first-order chi connectivity index (χ1) is 31.3. The molecule has 0 bridgehead atoms. The van der Waals surface area contributed by atoms with Gasteiger partial charge in [-0.25, -0.2) is 0 Å². The molecule has 0 aliphatic heterocycles. The van der Waals surface area contributed by atoms with E-state index in [-0.39, 0.29) is 0 Å². The normalized spacial score (nSPS) is 12.6. The molecule has 0 unspecified atom stereocenters. The van der Waals surface area contributed by atoms with Crippen LogP contribution in [0, 0.1) is 0 Å². The Morgan fingerprint density at radius 1 is 0.302 bits per heavy atom. The van der Waals surface area contributed by atoms with Gasteiger partial charge < -0.3 is 9.47 Å². The van der Waals surface area contributed by atoms with Gasteiger partial charge in [0.1, 0.15) is 0 Å². The van der Waals surface area contributed by atoms with E-state index in [9.17, 15) is 0 Å². The van der Waals surface area contributed by atoms with Crippen molar-refractivity contribution in [2.24, 2.45) is 0 Å². The molecule has 0 saturated carbocycles. The summed E-state index contributed by atoms with van der Waals surface area (Å²) in [6.45, 7) is 0. The SMILES string of the molecule is c1ccc(-c2ccc(N(c3ccccc3)c3cccc(-c4ccc5c6ccccc6n(-c6ccc7c(c6)-c6ccccc6C7(c6ccccc6)c6ccccc6)c5c4)c3)cc2)cc1. The maximum Gasteiger partial charge on any atom is 0.0713 e. The van der Waals surface area contributed by atoms with Gasteiger partial charge in [0, 0.05) is 33.5 Å². The summed E-state index contributed by atoms with van der Waals surface area (Å²) in [5.74, 6) is 0. The number of nitrogens with zero attached hydrogens (tertiary/aromatic N) is 2. The van der Waals surface area contributed by atoms with Crippen LogP contribution in [0.25, 0.3) is 60.9 Å². The summed E-state index contributed by atoms with van der Waals surface area (Å²) < 4.78 is 2.47. The average molecular weight is 803 g/mol. The predicted molar refractivity (Wildman–Crippen MR) is 264 cm³/mol. The number of anilines is 3. The number of aromatic nitrogens is 1. The molecule has 2 nitrogen and oxygen atoms in total. The Kier molecular flexibility index (Phi) is 8.76. The lowest BCUT2D eigenvalue weighted by Gasteiger charge is -2.33. The summed E-state index contributed by atoms with van der Waals surface area (Å²) >= 11 is 0. The van der Waals surface area contributed by atoms with Gasteiger partial charge in [-0.2, -0.15) is 0 Å². The summed E-state index contributed by atoms with van der Waals surface area (Å²) in [5.41, 5.74) is 18.8. The predicted octanol–water partition coefficient (Wildman–Crippen LogP) is 16.0. The lowest BCUT2D eigenvalue weighted by Crippen LogP contribution is -2.28. The Morgan fingerprint density at radius 2 is 0.825 bits per heavy atom. The van der Waals surface area contributed by atoms with Crippen molar-refractivity contribution in [3.63, 3.8) is 0 Å². The molecule has 0 fully saturated rings. The molecule has 12 rings (SSSR count). The number of hydrogen-bond donors (Lipinski definition) is 0. The van der Waals surface area contributed by atoms with E-state index in [0.717, 1.165) is 28.3 Å². The third kappa shape index (κ3) is 5.95. The highest BCUT2D eigenvalue weighted by Gasteiger charge is 2.46. The van der Waals surface area contributed by atoms with Gasteiger partial charge in [0.05, 0.1) is 16.4 Å². The molecule has 2 heteroatoms. The Hall–Kier alpha value is -8.20. The van der Waals surface area contributed by atoms with E-state index in [1.54, 1.807) is 0 Å². The molecular formula is C61H42N2. The fourth-order valence-electron chi connectivity index (χ4n) is 10.3. The number of fused-ring (bicyclic) bond motifs is 6. The molecular weight excluding hydrogens is 761 g/mol. The molecule has 63 heavy (non-hydrogen) atoms. The van der Waals surface area contributed by atoms with E-state index in [2.05, 4.69) is 264 Å². The van der Waals surface area contributed by atoms with Gasteiger partial charge in [-0.1, -0.05) is 194 Å². The van der Waals surface area contributed by atoms with Crippen LogP contribution in [0.2, 0.25) is 0 Å². The van der Waals surface area contributed by atoms with Crippen molar-refractivity contribution >= 4 is 38.9 Å². The van der Waals surface area contributed by atoms with E-state index in [4.69, 9.17) is 0 Å². The maximum atomic E-state index is 2.47. The highest BCUT2D eigenvalue weighted by molar-refractivity contribution is 6.10. The Morgan fingerprint density at radius 3 is 1.57 bits per heavy atom. The lowest BCUT2D eigenvalue weighted by atomic mass is 9.68. The van der Waals surface area contributed by atoms with Crippen molar-refractivity contribution < 1.29 is 0 Å². The van der Waals surface area contributed by atoms with Crippen LogP contribution in [0.15, 0.2) is 255 Å². The second-order valence-electron chi connectivity index (χ2n) is 16.5. The minimum Gasteiger partial charge on any atom is -0.310 e. The van der Waals surface area contributed by atoms with Gasteiger partial charge in [-0.3, -0.25) is 0 Å². The minimum absolute atomic E-state index is 0.441. The number of rotatable bonds is 8. The maximum absolute atomic E-state index is 2.47. The lowest BCUT2D eigenvalue weighted by molar-refractivity contribution is 0.768. The van der Waals surface area contributed by atoms with Crippen molar-refractivity contribution in [3.8, 4) is 39.1 Å². The third-order valence-corrected chi connectivity index (χ3v) is 13.1. The van der Waals surface area contributed by atoms with Gasteiger partial charge in [0.15, 0.2) is 0 Å². The van der Waals surface area contributed by atoms with Gasteiger partial charge >= 0.3 is 0 Å². The van der Waals surface area contributed by atoms with Crippen LogP contribution in [0.1, 0.15) is 22.3 Å². The molecule has 10 aromatic carbocycles. The minimum atomic E-state index is -0.441. The van der Waals surface area contributed by atoms with Crippen LogP contribution in [0.3, 0.4) is 0 Å². The average Bonchev–Trinajstić information content (AvgIpc) is 3.85. The first-order valence-corrected chi connectivity index (χ1v) is 21.8. The highest BCUT2D eigenvalue weighted by Crippen LogP contribution is 2.56.